The van der Waals surface area contributed by atoms with Crippen molar-refractivity contribution in [2.45, 2.75) is 33.2 Å². The lowest BCUT2D eigenvalue weighted by Crippen LogP contribution is -2.40. The van der Waals surface area contributed by atoms with E-state index in [4.69, 9.17) is 0 Å². The molecular formula is C12H19N3O. The molecule has 0 saturated heterocycles. The summed E-state index contributed by atoms with van der Waals surface area (Å²) in [6.07, 6.45) is 1.58. The number of hydrogen-bond donors (Lipinski definition) is 2. The first-order valence-corrected chi connectivity index (χ1v) is 5.45. The molecule has 0 saturated carbocycles. The molecule has 1 aromatic rings. The number of aromatic nitrogens is 1. The van der Waals surface area contributed by atoms with Gasteiger partial charge in [-0.2, -0.15) is 0 Å². The van der Waals surface area contributed by atoms with Gasteiger partial charge >= 0.3 is 0 Å². The summed E-state index contributed by atoms with van der Waals surface area (Å²) in [4.78, 5) is 15.9. The summed E-state index contributed by atoms with van der Waals surface area (Å²) in [5.74, 6) is 0.692. The molecule has 4 nitrogen and oxygen atoms in total. The molecule has 0 radical (unpaired) electrons. The van der Waals surface area contributed by atoms with Crippen molar-refractivity contribution in [2.24, 2.45) is 0 Å². The summed E-state index contributed by atoms with van der Waals surface area (Å²) < 4.78 is 0. The lowest BCUT2D eigenvalue weighted by atomic mass is 10.1. The van der Waals surface area contributed by atoms with E-state index >= 15 is 0 Å². The fourth-order valence-electron chi connectivity index (χ4n) is 1.23. The van der Waals surface area contributed by atoms with E-state index in [1.165, 1.54) is 0 Å². The van der Waals surface area contributed by atoms with Gasteiger partial charge in [0.1, 0.15) is 5.82 Å². The molecule has 0 unspecified atom stereocenters. The Labute approximate surface area is 96.5 Å². The Morgan fingerprint density at radius 3 is 2.50 bits per heavy atom. The third kappa shape index (κ3) is 3.88. The first-order chi connectivity index (χ1) is 7.42. The number of pyridine rings is 1. The van der Waals surface area contributed by atoms with Crippen molar-refractivity contribution in [3.8, 4) is 0 Å². The molecule has 0 atom stereocenters. The van der Waals surface area contributed by atoms with Crippen LogP contribution >= 0.6 is 0 Å². The predicted octanol–water partition coefficient (Wildman–Crippen LogP) is 2.04. The molecule has 1 aromatic heterocycles. The maximum absolute atomic E-state index is 11.8. The Bertz CT molecular complexity index is 352. The predicted molar refractivity (Wildman–Crippen MR) is 65.6 cm³/mol. The first-order valence-electron chi connectivity index (χ1n) is 5.45. The van der Waals surface area contributed by atoms with Crippen molar-refractivity contribution in [2.75, 3.05) is 11.9 Å². The van der Waals surface area contributed by atoms with Gasteiger partial charge in [0.15, 0.2) is 0 Å². The maximum Gasteiger partial charge on any atom is 0.253 e. The summed E-state index contributed by atoms with van der Waals surface area (Å²) in [5, 5.41) is 5.97. The normalized spacial score (nSPS) is 11.0. The van der Waals surface area contributed by atoms with E-state index in [0.717, 1.165) is 12.4 Å². The molecule has 88 valence electrons. The first kappa shape index (κ1) is 12.5. The van der Waals surface area contributed by atoms with Crippen LogP contribution in [-0.4, -0.2) is 23.0 Å². The molecule has 0 spiro atoms. The zero-order valence-electron chi connectivity index (χ0n) is 10.3. The highest BCUT2D eigenvalue weighted by Crippen LogP contribution is 2.07. The molecule has 0 fully saturated rings. The van der Waals surface area contributed by atoms with Gasteiger partial charge in [-0.15, -0.1) is 0 Å². The van der Waals surface area contributed by atoms with Crippen LogP contribution in [0.4, 0.5) is 5.82 Å². The highest BCUT2D eigenvalue weighted by Gasteiger charge is 2.15. The Morgan fingerprint density at radius 2 is 2.06 bits per heavy atom. The number of carbonyl (C=O) groups excluding carboxylic acids is 1. The van der Waals surface area contributed by atoms with E-state index in [2.05, 4.69) is 15.6 Å². The fraction of sp³-hybridized carbons (Fsp3) is 0.500. The minimum Gasteiger partial charge on any atom is -0.370 e. The molecule has 0 aliphatic carbocycles. The van der Waals surface area contributed by atoms with Gasteiger partial charge in [-0.3, -0.25) is 4.79 Å². The van der Waals surface area contributed by atoms with E-state index in [1.807, 2.05) is 27.7 Å². The topological polar surface area (TPSA) is 54.0 Å². The second-order valence-corrected chi connectivity index (χ2v) is 4.67. The lowest BCUT2D eigenvalue weighted by Gasteiger charge is -2.20. The van der Waals surface area contributed by atoms with Crippen LogP contribution in [0.2, 0.25) is 0 Å². The largest absolute Gasteiger partial charge is 0.370 e. The third-order valence-corrected chi connectivity index (χ3v) is 1.87. The number of amides is 1. The minimum atomic E-state index is -0.225. The average molecular weight is 221 g/mol. The molecule has 0 aromatic carbocycles. The minimum absolute atomic E-state index is 0.0944. The van der Waals surface area contributed by atoms with Crippen LogP contribution in [0, 0.1) is 0 Å². The summed E-state index contributed by atoms with van der Waals surface area (Å²) in [7, 11) is 0. The zero-order valence-corrected chi connectivity index (χ0v) is 10.3. The Balaban J connectivity index is 2.70. The quantitative estimate of drug-likeness (QED) is 0.821. The number of anilines is 1. The monoisotopic (exact) mass is 221 g/mol. The SMILES string of the molecule is CCNc1ccc(C(=O)NC(C)(C)C)cn1. The Morgan fingerprint density at radius 1 is 1.38 bits per heavy atom. The number of rotatable bonds is 3. The van der Waals surface area contributed by atoms with Crippen LogP contribution < -0.4 is 10.6 Å². The molecular weight excluding hydrogens is 202 g/mol. The molecule has 1 amide bonds. The van der Waals surface area contributed by atoms with Crippen LogP contribution in [0.1, 0.15) is 38.1 Å². The van der Waals surface area contributed by atoms with Crippen molar-refractivity contribution in [3.05, 3.63) is 23.9 Å². The second-order valence-electron chi connectivity index (χ2n) is 4.67. The summed E-state index contributed by atoms with van der Waals surface area (Å²) in [5.41, 5.74) is 0.355. The number of nitrogens with zero attached hydrogens (tertiary/aromatic N) is 1. The van der Waals surface area contributed by atoms with Crippen LogP contribution in [-0.2, 0) is 0 Å². The number of nitrogens with one attached hydrogen (secondary N) is 2. The molecule has 1 heterocycles. The molecule has 0 aliphatic rings. The fourth-order valence-corrected chi connectivity index (χ4v) is 1.23. The molecule has 2 N–H and O–H groups in total. The van der Waals surface area contributed by atoms with Crippen molar-refractivity contribution < 1.29 is 4.79 Å². The van der Waals surface area contributed by atoms with Crippen LogP contribution in [0.25, 0.3) is 0 Å². The standard InChI is InChI=1S/C12H19N3O/c1-5-13-10-7-6-9(8-14-10)11(16)15-12(2,3)4/h6-8H,5H2,1-4H3,(H,13,14)(H,15,16). The summed E-state index contributed by atoms with van der Waals surface area (Å²) in [6.45, 7) is 8.67. The van der Waals surface area contributed by atoms with E-state index in [0.29, 0.717) is 5.56 Å². The van der Waals surface area contributed by atoms with Crippen LogP contribution in [0.15, 0.2) is 18.3 Å². The summed E-state index contributed by atoms with van der Waals surface area (Å²) >= 11 is 0. The number of hydrogen-bond acceptors (Lipinski definition) is 3. The average Bonchev–Trinajstić information content (AvgIpc) is 2.16. The summed E-state index contributed by atoms with van der Waals surface area (Å²) in [6, 6.07) is 3.58. The second kappa shape index (κ2) is 4.96. The maximum atomic E-state index is 11.8. The molecule has 16 heavy (non-hydrogen) atoms. The molecule has 1 rings (SSSR count). The smallest absolute Gasteiger partial charge is 0.253 e. The van der Waals surface area contributed by atoms with Gasteiger partial charge in [0, 0.05) is 18.3 Å². The van der Waals surface area contributed by atoms with Gasteiger partial charge in [0.05, 0.1) is 5.56 Å². The van der Waals surface area contributed by atoms with Crippen LogP contribution in [0.3, 0.4) is 0 Å². The van der Waals surface area contributed by atoms with Gasteiger partial charge in [-0.1, -0.05) is 0 Å². The van der Waals surface area contributed by atoms with E-state index < -0.39 is 0 Å². The lowest BCUT2D eigenvalue weighted by molar-refractivity contribution is 0.0919. The van der Waals surface area contributed by atoms with E-state index in [-0.39, 0.29) is 11.4 Å². The zero-order chi connectivity index (χ0) is 12.2. The molecule has 0 bridgehead atoms. The van der Waals surface area contributed by atoms with Crippen molar-refractivity contribution >= 4 is 11.7 Å². The van der Waals surface area contributed by atoms with Gasteiger partial charge in [0.2, 0.25) is 0 Å². The molecule has 4 heteroatoms. The van der Waals surface area contributed by atoms with E-state index in [9.17, 15) is 4.79 Å². The van der Waals surface area contributed by atoms with Gasteiger partial charge in [-0.25, -0.2) is 4.98 Å². The highest BCUT2D eigenvalue weighted by atomic mass is 16.1. The highest BCUT2D eigenvalue weighted by molar-refractivity contribution is 5.94. The third-order valence-electron chi connectivity index (χ3n) is 1.87. The van der Waals surface area contributed by atoms with E-state index in [1.54, 1.807) is 18.3 Å². The van der Waals surface area contributed by atoms with Gasteiger partial charge in [0.25, 0.3) is 5.91 Å². The molecule has 0 aliphatic heterocycles. The van der Waals surface area contributed by atoms with Gasteiger partial charge in [-0.05, 0) is 39.8 Å². The van der Waals surface area contributed by atoms with Crippen LogP contribution in [0.5, 0.6) is 0 Å². The van der Waals surface area contributed by atoms with Gasteiger partial charge < -0.3 is 10.6 Å². The van der Waals surface area contributed by atoms with Crippen molar-refractivity contribution in [1.29, 1.82) is 0 Å². The Hall–Kier alpha value is -1.58. The van der Waals surface area contributed by atoms with Crippen molar-refractivity contribution in [1.82, 2.24) is 10.3 Å². The van der Waals surface area contributed by atoms with Crippen molar-refractivity contribution in [3.63, 3.8) is 0 Å². The Kier molecular flexibility index (Phi) is 3.88. The number of carbonyl (C=O) groups is 1.